The van der Waals surface area contributed by atoms with Gasteiger partial charge in [-0.2, -0.15) is 4.99 Å². The van der Waals surface area contributed by atoms with Gasteiger partial charge in [-0.25, -0.2) is 4.98 Å². The van der Waals surface area contributed by atoms with E-state index >= 15 is 0 Å². The fourth-order valence-corrected chi connectivity index (χ4v) is 1.85. The van der Waals surface area contributed by atoms with Crippen molar-refractivity contribution in [1.82, 2.24) is 15.3 Å². The maximum absolute atomic E-state index is 10.5. The number of nitrogens with two attached hydrogens (primary N) is 2. The lowest BCUT2D eigenvalue weighted by Crippen LogP contribution is -2.21. The lowest BCUT2D eigenvalue weighted by Gasteiger charge is -2.00. The fraction of sp³-hybridized carbons (Fsp3) is 0.167. The molecule has 0 aromatic carbocycles. The number of nitrogens with one attached hydrogen (secondary N) is 1. The lowest BCUT2D eigenvalue weighted by atomic mass is 10.3. The van der Waals surface area contributed by atoms with Crippen LogP contribution >= 0.6 is 22.9 Å². The molecule has 2 heterocycles. The number of rotatable bonds is 3. The Hall–Kier alpha value is -2.19. The highest BCUT2D eigenvalue weighted by atomic mass is 35.5. The van der Waals surface area contributed by atoms with Gasteiger partial charge in [0.05, 0.1) is 12.2 Å². The topological polar surface area (TPSA) is 119 Å². The van der Waals surface area contributed by atoms with Crippen LogP contribution in [0.3, 0.4) is 0 Å². The minimum atomic E-state index is -0.0724. The predicted octanol–water partition coefficient (Wildman–Crippen LogP) is 1.42. The molecule has 0 bridgehead atoms. The average molecular weight is 327 g/mol. The van der Waals surface area contributed by atoms with E-state index < -0.39 is 0 Å². The summed E-state index contributed by atoms with van der Waals surface area (Å²) in [6.07, 6.45) is 3.26. The molecule has 0 saturated carbocycles. The number of halogens is 1. The Kier molecular flexibility index (Phi) is 7.13. The van der Waals surface area contributed by atoms with Crippen LogP contribution in [0.25, 0.3) is 0 Å². The van der Waals surface area contributed by atoms with Gasteiger partial charge in [-0.3, -0.25) is 9.78 Å². The number of pyridine rings is 1. The van der Waals surface area contributed by atoms with E-state index in [2.05, 4.69) is 20.3 Å². The minimum Gasteiger partial charge on any atom is -0.370 e. The molecular formula is C12H15ClN6OS. The smallest absolute Gasteiger partial charge is 0.217 e. The summed E-state index contributed by atoms with van der Waals surface area (Å²) in [5.74, 6) is -0.0262. The third kappa shape index (κ3) is 7.85. The summed E-state index contributed by atoms with van der Waals surface area (Å²) in [6, 6.07) is 3.41. The van der Waals surface area contributed by atoms with E-state index in [1.165, 1.54) is 18.3 Å². The molecule has 0 atom stereocenters. The first-order valence-electron chi connectivity index (χ1n) is 5.81. The monoisotopic (exact) mass is 326 g/mol. The van der Waals surface area contributed by atoms with Crippen LogP contribution in [0.4, 0.5) is 5.13 Å². The number of thiazole rings is 1. The molecule has 0 radical (unpaired) electrons. The summed E-state index contributed by atoms with van der Waals surface area (Å²) < 4.78 is 0. The Labute approximate surface area is 131 Å². The van der Waals surface area contributed by atoms with Crippen LogP contribution in [-0.2, 0) is 11.3 Å². The first kappa shape index (κ1) is 16.9. The number of aliphatic imine (C=N–C) groups is 1. The van der Waals surface area contributed by atoms with Crippen LogP contribution in [0.2, 0.25) is 5.02 Å². The van der Waals surface area contributed by atoms with E-state index in [-0.39, 0.29) is 11.9 Å². The van der Waals surface area contributed by atoms with Gasteiger partial charge in [0.2, 0.25) is 11.0 Å². The largest absolute Gasteiger partial charge is 0.370 e. The number of nitrogens with zero attached hydrogens (tertiary/aromatic N) is 3. The van der Waals surface area contributed by atoms with Gasteiger partial charge in [-0.1, -0.05) is 11.6 Å². The summed E-state index contributed by atoms with van der Waals surface area (Å²) in [4.78, 5) is 22.1. The van der Waals surface area contributed by atoms with Crippen molar-refractivity contribution in [3.8, 4) is 0 Å². The molecule has 2 aromatic rings. The number of hydrogen-bond acceptors (Lipinski definition) is 5. The molecule has 0 spiro atoms. The fourth-order valence-electron chi connectivity index (χ4n) is 1.14. The van der Waals surface area contributed by atoms with Crippen LogP contribution in [0.15, 0.2) is 34.9 Å². The molecule has 1 amide bonds. The van der Waals surface area contributed by atoms with E-state index in [4.69, 9.17) is 23.1 Å². The Morgan fingerprint density at radius 3 is 2.71 bits per heavy atom. The summed E-state index contributed by atoms with van der Waals surface area (Å²) in [5.41, 5.74) is 10.9. The maximum atomic E-state index is 10.5. The summed E-state index contributed by atoms with van der Waals surface area (Å²) in [7, 11) is 0. The molecule has 7 nitrogen and oxygen atoms in total. The average Bonchev–Trinajstić information content (AvgIpc) is 2.89. The van der Waals surface area contributed by atoms with Gasteiger partial charge in [0.25, 0.3) is 0 Å². The number of guanidine groups is 1. The molecule has 5 N–H and O–H groups in total. The van der Waals surface area contributed by atoms with Crippen molar-refractivity contribution in [2.24, 2.45) is 16.5 Å². The van der Waals surface area contributed by atoms with Crippen LogP contribution in [-0.4, -0.2) is 21.8 Å². The second-order valence-corrected chi connectivity index (χ2v) is 5.04. The van der Waals surface area contributed by atoms with Gasteiger partial charge >= 0.3 is 0 Å². The van der Waals surface area contributed by atoms with Crippen molar-refractivity contribution in [3.05, 3.63) is 40.6 Å². The molecule has 0 unspecified atom stereocenters. The number of hydrogen-bond donors (Lipinski definition) is 3. The van der Waals surface area contributed by atoms with Crippen molar-refractivity contribution < 1.29 is 4.79 Å². The zero-order valence-electron chi connectivity index (χ0n) is 11.3. The normalized spacial score (nSPS) is 9.24. The predicted molar refractivity (Wildman–Crippen MR) is 84.4 cm³/mol. The molecule has 0 aliphatic heterocycles. The molecule has 112 valence electrons. The summed E-state index contributed by atoms with van der Waals surface area (Å²) >= 11 is 7.10. The Balaban J connectivity index is 0.000000219. The first-order chi connectivity index (χ1) is 9.97. The van der Waals surface area contributed by atoms with Crippen molar-refractivity contribution in [3.63, 3.8) is 0 Å². The van der Waals surface area contributed by atoms with Crippen molar-refractivity contribution in [2.45, 2.75) is 13.5 Å². The van der Waals surface area contributed by atoms with Crippen LogP contribution in [0.1, 0.15) is 12.6 Å². The van der Waals surface area contributed by atoms with Gasteiger partial charge in [-0.15, -0.1) is 11.3 Å². The minimum absolute atomic E-state index is 0.0463. The molecule has 0 aliphatic rings. The SMILES string of the molecule is CC(=O)NCc1cc(Cl)ccn1.NC(N)=Nc1nccs1. The third-order valence-corrected chi connectivity index (χ3v) is 2.84. The summed E-state index contributed by atoms with van der Waals surface area (Å²) in [6.45, 7) is 1.89. The van der Waals surface area contributed by atoms with Gasteiger partial charge in [0.15, 0.2) is 5.96 Å². The highest BCUT2D eigenvalue weighted by Crippen LogP contribution is 2.13. The second-order valence-electron chi connectivity index (χ2n) is 3.73. The zero-order chi connectivity index (χ0) is 15.7. The molecular weight excluding hydrogens is 312 g/mol. The van der Waals surface area contributed by atoms with Gasteiger partial charge in [0.1, 0.15) is 0 Å². The molecule has 21 heavy (non-hydrogen) atoms. The van der Waals surface area contributed by atoms with E-state index in [0.29, 0.717) is 16.7 Å². The maximum Gasteiger partial charge on any atom is 0.217 e. The van der Waals surface area contributed by atoms with Gasteiger partial charge in [-0.05, 0) is 12.1 Å². The highest BCUT2D eigenvalue weighted by Gasteiger charge is 1.96. The number of amides is 1. The molecule has 0 fully saturated rings. The van der Waals surface area contributed by atoms with Crippen molar-refractivity contribution in [1.29, 1.82) is 0 Å². The summed E-state index contributed by atoms with van der Waals surface area (Å²) in [5, 5.41) is 5.66. The van der Waals surface area contributed by atoms with Gasteiger partial charge < -0.3 is 16.8 Å². The lowest BCUT2D eigenvalue weighted by molar-refractivity contribution is -0.119. The van der Waals surface area contributed by atoms with Gasteiger partial charge in [0, 0.05) is 29.7 Å². The van der Waals surface area contributed by atoms with E-state index in [9.17, 15) is 4.79 Å². The molecule has 2 rings (SSSR count). The molecule has 0 saturated heterocycles. The second kappa shape index (κ2) is 8.88. The molecule has 9 heteroatoms. The number of carbonyl (C=O) groups is 1. The van der Waals surface area contributed by atoms with Crippen LogP contribution in [0, 0.1) is 0 Å². The Bertz CT molecular complexity index is 598. The molecule has 0 aliphatic carbocycles. The number of carbonyl (C=O) groups excluding carboxylic acids is 1. The van der Waals surface area contributed by atoms with E-state index in [1.807, 2.05) is 5.38 Å². The third-order valence-electron chi connectivity index (χ3n) is 1.94. The quantitative estimate of drug-likeness (QED) is 0.582. The van der Waals surface area contributed by atoms with Crippen molar-refractivity contribution in [2.75, 3.05) is 0 Å². The van der Waals surface area contributed by atoms with Crippen molar-refractivity contribution >= 4 is 39.9 Å². The Morgan fingerprint density at radius 1 is 1.43 bits per heavy atom. The zero-order valence-corrected chi connectivity index (χ0v) is 12.9. The Morgan fingerprint density at radius 2 is 2.19 bits per heavy atom. The van der Waals surface area contributed by atoms with Crippen LogP contribution < -0.4 is 16.8 Å². The first-order valence-corrected chi connectivity index (χ1v) is 7.07. The van der Waals surface area contributed by atoms with Crippen LogP contribution in [0.5, 0.6) is 0 Å². The molecule has 2 aromatic heterocycles. The van der Waals surface area contributed by atoms with E-state index in [0.717, 1.165) is 5.69 Å². The standard InChI is InChI=1S/C8H9ClN2O.C4H6N4S/c1-6(12)11-5-8-4-7(9)2-3-10-8;5-3(6)8-4-7-1-2-9-4/h2-4H,5H2,1H3,(H,11,12);1-2H,(H4,5,6,7,8). The van der Waals surface area contributed by atoms with E-state index in [1.54, 1.807) is 24.5 Å². The highest BCUT2D eigenvalue weighted by molar-refractivity contribution is 7.13. The number of aromatic nitrogens is 2.